The van der Waals surface area contributed by atoms with E-state index in [1.165, 1.54) is 0 Å². The van der Waals surface area contributed by atoms with Crippen molar-refractivity contribution in [3.63, 3.8) is 0 Å². The third-order valence-corrected chi connectivity index (χ3v) is 3.95. The zero-order valence-corrected chi connectivity index (χ0v) is 14.5. The van der Waals surface area contributed by atoms with Crippen molar-refractivity contribution in [2.75, 3.05) is 19.7 Å². The van der Waals surface area contributed by atoms with Crippen LogP contribution in [0.15, 0.2) is 28.7 Å². The molecule has 0 radical (unpaired) electrons. The quantitative estimate of drug-likeness (QED) is 0.878. The van der Waals surface area contributed by atoms with Crippen LogP contribution in [0.3, 0.4) is 0 Å². The van der Waals surface area contributed by atoms with Crippen LogP contribution in [0.25, 0.3) is 0 Å². The molecule has 1 fully saturated rings. The molecule has 0 aliphatic carbocycles. The Morgan fingerprint density at radius 2 is 2.33 bits per heavy atom. The van der Waals surface area contributed by atoms with Gasteiger partial charge in [-0.3, -0.25) is 4.79 Å². The maximum atomic E-state index is 12.2. The molecule has 1 aliphatic heterocycles. The fourth-order valence-electron chi connectivity index (χ4n) is 2.29. The number of morpholine rings is 1. The van der Waals surface area contributed by atoms with E-state index in [1.807, 2.05) is 36.1 Å². The third kappa shape index (κ3) is 5.58. The number of hydrogen-bond acceptors (Lipinski definition) is 3. The first-order chi connectivity index (χ1) is 9.56. The highest BCUT2D eigenvalue weighted by atomic mass is 79.9. The van der Waals surface area contributed by atoms with Crippen molar-refractivity contribution >= 4 is 34.2 Å². The number of carbonyl (C=O) groups is 1. The summed E-state index contributed by atoms with van der Waals surface area (Å²) in [4.78, 5) is 14.0. The highest BCUT2D eigenvalue weighted by Gasteiger charge is 2.25. The minimum Gasteiger partial charge on any atom is -0.370 e. The van der Waals surface area contributed by atoms with Gasteiger partial charge in [0.25, 0.3) is 0 Å². The predicted octanol–water partition coefficient (Wildman–Crippen LogP) is 2.90. The molecule has 1 heterocycles. The van der Waals surface area contributed by atoms with E-state index in [0.717, 1.165) is 16.5 Å². The number of nitrogens with two attached hydrogens (primary N) is 1. The van der Waals surface area contributed by atoms with E-state index in [9.17, 15) is 4.79 Å². The third-order valence-electron chi connectivity index (χ3n) is 3.45. The second kappa shape index (κ2) is 8.73. The Morgan fingerprint density at radius 3 is 3.00 bits per heavy atom. The summed E-state index contributed by atoms with van der Waals surface area (Å²) in [5, 5.41) is 0. The molecule has 118 valence electrons. The van der Waals surface area contributed by atoms with Crippen molar-refractivity contribution in [1.82, 2.24) is 4.90 Å². The molecule has 2 N–H and O–H groups in total. The molecule has 2 unspecified atom stereocenters. The molecular weight excluding hydrogens is 356 g/mol. The molecule has 1 aromatic carbocycles. The summed E-state index contributed by atoms with van der Waals surface area (Å²) in [7, 11) is 0. The Balaban J connectivity index is 0.00000220. The van der Waals surface area contributed by atoms with Gasteiger partial charge in [0.1, 0.15) is 6.10 Å². The Hall–Kier alpha value is -0.620. The fourth-order valence-corrected chi connectivity index (χ4v) is 2.71. The van der Waals surface area contributed by atoms with Crippen LogP contribution >= 0.6 is 28.3 Å². The van der Waals surface area contributed by atoms with Gasteiger partial charge >= 0.3 is 0 Å². The molecule has 6 heteroatoms. The van der Waals surface area contributed by atoms with Gasteiger partial charge in [0.05, 0.1) is 13.2 Å². The average molecular weight is 378 g/mol. The van der Waals surface area contributed by atoms with Gasteiger partial charge in [0.15, 0.2) is 0 Å². The molecule has 21 heavy (non-hydrogen) atoms. The maximum Gasteiger partial charge on any atom is 0.222 e. The van der Waals surface area contributed by atoms with Crippen molar-refractivity contribution < 1.29 is 9.53 Å². The van der Waals surface area contributed by atoms with Crippen LogP contribution in [0.1, 0.15) is 31.4 Å². The Morgan fingerprint density at radius 1 is 1.57 bits per heavy atom. The topological polar surface area (TPSA) is 55.6 Å². The lowest BCUT2D eigenvalue weighted by Gasteiger charge is -2.33. The monoisotopic (exact) mass is 376 g/mol. The van der Waals surface area contributed by atoms with Crippen LogP contribution in [-0.4, -0.2) is 36.5 Å². The van der Waals surface area contributed by atoms with Gasteiger partial charge in [0, 0.05) is 23.5 Å². The molecule has 4 nitrogen and oxygen atoms in total. The molecule has 2 atom stereocenters. The van der Waals surface area contributed by atoms with Gasteiger partial charge in [-0.25, -0.2) is 0 Å². The minimum absolute atomic E-state index is 0. The lowest BCUT2D eigenvalue weighted by Crippen LogP contribution is -2.42. The minimum atomic E-state index is -0.0412. The van der Waals surface area contributed by atoms with E-state index in [2.05, 4.69) is 15.9 Å². The number of halogens is 2. The van der Waals surface area contributed by atoms with E-state index in [-0.39, 0.29) is 30.5 Å². The molecule has 0 saturated carbocycles. The van der Waals surface area contributed by atoms with Crippen LogP contribution in [0.4, 0.5) is 0 Å². The standard InChI is InChI=1S/C15H21BrN2O2.ClH/c1-11(17)5-6-15(19)18-7-8-20-14(10-18)12-3-2-4-13(16)9-12;/h2-4,9,11,14H,5-8,10,17H2,1H3;1H. The predicted molar refractivity (Wildman–Crippen MR) is 89.5 cm³/mol. The molecule has 1 aliphatic rings. The summed E-state index contributed by atoms with van der Waals surface area (Å²) in [5.41, 5.74) is 6.81. The molecule has 1 aromatic rings. The van der Waals surface area contributed by atoms with Crippen molar-refractivity contribution in [2.24, 2.45) is 5.73 Å². The smallest absolute Gasteiger partial charge is 0.222 e. The van der Waals surface area contributed by atoms with Gasteiger partial charge in [0.2, 0.25) is 5.91 Å². The summed E-state index contributed by atoms with van der Waals surface area (Å²) in [6.45, 7) is 3.80. The highest BCUT2D eigenvalue weighted by Crippen LogP contribution is 2.25. The largest absolute Gasteiger partial charge is 0.370 e. The fraction of sp³-hybridized carbons (Fsp3) is 0.533. The van der Waals surface area contributed by atoms with Crippen LogP contribution in [-0.2, 0) is 9.53 Å². The second-order valence-corrected chi connectivity index (χ2v) is 6.19. The summed E-state index contributed by atoms with van der Waals surface area (Å²) in [5.74, 6) is 0.172. The average Bonchev–Trinajstić information content (AvgIpc) is 2.45. The SMILES string of the molecule is CC(N)CCC(=O)N1CCOC(c2cccc(Br)c2)C1.Cl. The maximum absolute atomic E-state index is 12.2. The van der Waals surface area contributed by atoms with E-state index in [1.54, 1.807) is 0 Å². The van der Waals surface area contributed by atoms with E-state index in [0.29, 0.717) is 26.1 Å². The van der Waals surface area contributed by atoms with Crippen molar-refractivity contribution in [3.05, 3.63) is 34.3 Å². The van der Waals surface area contributed by atoms with E-state index < -0.39 is 0 Å². The molecule has 1 amide bonds. The van der Waals surface area contributed by atoms with Crippen molar-refractivity contribution in [1.29, 1.82) is 0 Å². The Kier molecular flexibility index (Phi) is 7.66. The van der Waals surface area contributed by atoms with Crippen LogP contribution < -0.4 is 5.73 Å². The molecule has 0 bridgehead atoms. The summed E-state index contributed by atoms with van der Waals surface area (Å²) in [6, 6.07) is 8.12. The normalized spacial score (nSPS) is 19.8. The molecule has 0 aromatic heterocycles. The number of ether oxygens (including phenoxy) is 1. The van der Waals surface area contributed by atoms with Crippen molar-refractivity contribution in [3.8, 4) is 0 Å². The zero-order valence-electron chi connectivity index (χ0n) is 12.1. The summed E-state index contributed by atoms with van der Waals surface area (Å²) < 4.78 is 6.81. The second-order valence-electron chi connectivity index (χ2n) is 5.27. The van der Waals surface area contributed by atoms with Gasteiger partial charge in [-0.15, -0.1) is 12.4 Å². The van der Waals surface area contributed by atoms with E-state index >= 15 is 0 Å². The summed E-state index contributed by atoms with van der Waals surface area (Å²) >= 11 is 3.46. The first kappa shape index (κ1) is 18.4. The number of carbonyl (C=O) groups excluding carboxylic acids is 1. The lowest BCUT2D eigenvalue weighted by molar-refractivity contribution is -0.139. The first-order valence-corrected chi connectivity index (χ1v) is 7.76. The number of benzene rings is 1. The number of hydrogen-bond donors (Lipinski definition) is 1. The molecule has 1 saturated heterocycles. The zero-order chi connectivity index (χ0) is 14.5. The molecule has 2 rings (SSSR count). The number of amides is 1. The van der Waals surface area contributed by atoms with Crippen LogP contribution in [0.2, 0.25) is 0 Å². The van der Waals surface area contributed by atoms with Gasteiger partial charge in [-0.1, -0.05) is 28.1 Å². The van der Waals surface area contributed by atoms with Gasteiger partial charge in [-0.2, -0.15) is 0 Å². The lowest BCUT2D eigenvalue weighted by atomic mass is 10.1. The Bertz CT molecular complexity index is 471. The van der Waals surface area contributed by atoms with Gasteiger partial charge < -0.3 is 15.4 Å². The van der Waals surface area contributed by atoms with Crippen LogP contribution in [0.5, 0.6) is 0 Å². The van der Waals surface area contributed by atoms with E-state index in [4.69, 9.17) is 10.5 Å². The summed E-state index contributed by atoms with van der Waals surface area (Å²) in [6.07, 6.45) is 1.21. The molecular formula is C15H22BrClN2O2. The highest BCUT2D eigenvalue weighted by molar-refractivity contribution is 9.10. The molecule has 0 spiro atoms. The van der Waals surface area contributed by atoms with Crippen molar-refractivity contribution in [2.45, 2.75) is 31.9 Å². The van der Waals surface area contributed by atoms with Gasteiger partial charge in [-0.05, 0) is 31.0 Å². The number of rotatable bonds is 4. The first-order valence-electron chi connectivity index (χ1n) is 6.96. The van der Waals surface area contributed by atoms with Crippen LogP contribution in [0, 0.1) is 0 Å². The Labute approximate surface area is 140 Å². The number of nitrogens with zero attached hydrogens (tertiary/aromatic N) is 1.